The number of aromatic nitrogens is 3. The fourth-order valence-corrected chi connectivity index (χ4v) is 3.89. The summed E-state index contributed by atoms with van der Waals surface area (Å²) in [6, 6.07) is 4.11. The van der Waals surface area contributed by atoms with Gasteiger partial charge in [0.05, 0.1) is 6.10 Å². The Labute approximate surface area is 142 Å². The minimum absolute atomic E-state index is 0.250. The maximum absolute atomic E-state index is 5.62. The van der Waals surface area contributed by atoms with Gasteiger partial charge in [0.15, 0.2) is 0 Å². The summed E-state index contributed by atoms with van der Waals surface area (Å²) in [7, 11) is 0. The Balaban J connectivity index is 1.63. The summed E-state index contributed by atoms with van der Waals surface area (Å²) in [6.45, 7) is 1.57. The maximum atomic E-state index is 5.62. The normalized spacial score (nSPS) is 17.5. The summed E-state index contributed by atoms with van der Waals surface area (Å²) < 4.78 is 5.62. The van der Waals surface area contributed by atoms with Crippen LogP contribution in [0.2, 0.25) is 0 Å². The van der Waals surface area contributed by atoms with E-state index in [1.807, 2.05) is 16.8 Å². The van der Waals surface area contributed by atoms with E-state index in [1.165, 1.54) is 0 Å². The van der Waals surface area contributed by atoms with Gasteiger partial charge in [-0.15, -0.1) is 10.2 Å². The molecule has 0 saturated carbocycles. The van der Waals surface area contributed by atoms with E-state index in [9.17, 15) is 0 Å². The highest BCUT2D eigenvalue weighted by molar-refractivity contribution is 7.08. The molecule has 3 aromatic heterocycles. The average Bonchev–Trinajstić information content (AvgIpc) is 3.36. The summed E-state index contributed by atoms with van der Waals surface area (Å²) in [6.07, 6.45) is 2.47. The minimum Gasteiger partial charge on any atom is -0.376 e. The first-order valence-electron chi connectivity index (χ1n) is 7.55. The molecule has 7 heteroatoms. The minimum atomic E-state index is 0.250. The summed E-state index contributed by atoms with van der Waals surface area (Å²) >= 11 is 3.30. The summed E-state index contributed by atoms with van der Waals surface area (Å²) in [5.41, 5.74) is 3.83. The van der Waals surface area contributed by atoms with Crippen LogP contribution >= 0.6 is 22.7 Å². The van der Waals surface area contributed by atoms with Gasteiger partial charge in [0.1, 0.15) is 11.4 Å². The van der Waals surface area contributed by atoms with Crippen LogP contribution in [0.5, 0.6) is 0 Å². The SMILES string of the molecule is c1cc(-c2nnc(NCC3CCCO3)nc2-c2ccsc2)cs1. The molecular formula is C16H16N4OS2. The highest BCUT2D eigenvalue weighted by Gasteiger charge is 2.17. The Morgan fingerprint density at radius 2 is 1.87 bits per heavy atom. The first kappa shape index (κ1) is 14.7. The van der Waals surface area contributed by atoms with Crippen molar-refractivity contribution in [1.82, 2.24) is 15.2 Å². The van der Waals surface area contributed by atoms with Crippen molar-refractivity contribution in [3.63, 3.8) is 0 Å². The van der Waals surface area contributed by atoms with E-state index in [2.05, 4.69) is 32.3 Å². The van der Waals surface area contributed by atoms with Crippen LogP contribution in [0.25, 0.3) is 22.5 Å². The Hall–Kier alpha value is -1.83. The van der Waals surface area contributed by atoms with Gasteiger partial charge >= 0.3 is 0 Å². The quantitative estimate of drug-likeness (QED) is 0.760. The van der Waals surface area contributed by atoms with Crippen molar-refractivity contribution in [3.8, 4) is 22.5 Å². The summed E-state index contributed by atoms with van der Waals surface area (Å²) in [4.78, 5) is 4.70. The van der Waals surface area contributed by atoms with Crippen LogP contribution in [0.4, 0.5) is 5.95 Å². The molecule has 1 fully saturated rings. The number of ether oxygens (including phenoxy) is 1. The molecule has 1 atom stereocenters. The molecule has 5 nitrogen and oxygen atoms in total. The lowest BCUT2D eigenvalue weighted by Crippen LogP contribution is -2.20. The van der Waals surface area contributed by atoms with Crippen molar-refractivity contribution in [1.29, 1.82) is 0 Å². The van der Waals surface area contributed by atoms with Crippen LogP contribution in [0.15, 0.2) is 33.7 Å². The second-order valence-electron chi connectivity index (χ2n) is 5.37. The monoisotopic (exact) mass is 344 g/mol. The van der Waals surface area contributed by atoms with Crippen LogP contribution < -0.4 is 5.32 Å². The third kappa shape index (κ3) is 3.26. The molecule has 0 spiro atoms. The second-order valence-corrected chi connectivity index (χ2v) is 6.93. The molecule has 1 unspecified atom stereocenters. The van der Waals surface area contributed by atoms with Gasteiger partial charge in [0.25, 0.3) is 0 Å². The van der Waals surface area contributed by atoms with Crippen molar-refractivity contribution in [3.05, 3.63) is 33.7 Å². The molecule has 1 N–H and O–H groups in total. The van der Waals surface area contributed by atoms with E-state index >= 15 is 0 Å². The molecular weight excluding hydrogens is 328 g/mol. The van der Waals surface area contributed by atoms with Crippen LogP contribution in [0, 0.1) is 0 Å². The molecule has 0 radical (unpaired) electrons. The van der Waals surface area contributed by atoms with Crippen molar-refractivity contribution in [2.45, 2.75) is 18.9 Å². The summed E-state index contributed by atoms with van der Waals surface area (Å²) in [5, 5.41) is 20.2. The molecule has 23 heavy (non-hydrogen) atoms. The van der Waals surface area contributed by atoms with Crippen molar-refractivity contribution in [2.75, 3.05) is 18.5 Å². The zero-order valence-electron chi connectivity index (χ0n) is 12.4. The first-order valence-corrected chi connectivity index (χ1v) is 9.44. The Morgan fingerprint density at radius 3 is 2.52 bits per heavy atom. The Kier molecular flexibility index (Phi) is 4.32. The van der Waals surface area contributed by atoms with Crippen LogP contribution in [-0.4, -0.2) is 34.4 Å². The Bertz CT molecular complexity index is 753. The van der Waals surface area contributed by atoms with Gasteiger partial charge in [0.2, 0.25) is 5.95 Å². The number of hydrogen-bond acceptors (Lipinski definition) is 7. The van der Waals surface area contributed by atoms with Crippen LogP contribution in [0.3, 0.4) is 0 Å². The van der Waals surface area contributed by atoms with E-state index in [1.54, 1.807) is 22.7 Å². The molecule has 4 heterocycles. The molecule has 1 aliphatic heterocycles. The number of anilines is 1. The molecule has 118 valence electrons. The molecule has 0 aromatic carbocycles. The predicted octanol–water partition coefficient (Wildman–Crippen LogP) is 3.92. The maximum Gasteiger partial charge on any atom is 0.243 e. The standard InChI is InChI=1S/C16H16N4OS2/c1-2-13(21-5-1)8-17-16-18-14(11-3-6-22-9-11)15(19-20-16)12-4-7-23-10-12/h3-4,6-7,9-10,13H,1-2,5,8H2,(H,17,18,20). The van der Waals surface area contributed by atoms with Gasteiger partial charge in [-0.25, -0.2) is 4.98 Å². The molecule has 0 bridgehead atoms. The first-order chi connectivity index (χ1) is 11.4. The van der Waals surface area contributed by atoms with Gasteiger partial charge in [-0.05, 0) is 35.7 Å². The van der Waals surface area contributed by atoms with Crippen molar-refractivity contribution in [2.24, 2.45) is 0 Å². The lowest BCUT2D eigenvalue weighted by Gasteiger charge is -2.12. The number of rotatable bonds is 5. The zero-order valence-corrected chi connectivity index (χ0v) is 14.1. The van der Waals surface area contributed by atoms with Gasteiger partial charge < -0.3 is 10.1 Å². The van der Waals surface area contributed by atoms with E-state index in [0.717, 1.165) is 48.5 Å². The number of hydrogen-bond donors (Lipinski definition) is 1. The highest BCUT2D eigenvalue weighted by atomic mass is 32.1. The number of nitrogens with one attached hydrogen (secondary N) is 1. The van der Waals surface area contributed by atoms with Gasteiger partial charge in [0, 0.05) is 35.0 Å². The van der Waals surface area contributed by atoms with Crippen molar-refractivity contribution >= 4 is 28.6 Å². The number of thiophene rings is 2. The van der Waals surface area contributed by atoms with Crippen LogP contribution in [0.1, 0.15) is 12.8 Å². The largest absolute Gasteiger partial charge is 0.376 e. The third-order valence-corrected chi connectivity index (χ3v) is 5.15. The lowest BCUT2D eigenvalue weighted by atomic mass is 10.1. The predicted molar refractivity (Wildman–Crippen MR) is 93.9 cm³/mol. The highest BCUT2D eigenvalue weighted by Crippen LogP contribution is 2.31. The zero-order chi connectivity index (χ0) is 15.5. The second kappa shape index (κ2) is 6.74. The molecule has 0 amide bonds. The average molecular weight is 344 g/mol. The fourth-order valence-electron chi connectivity index (χ4n) is 2.61. The van der Waals surface area contributed by atoms with Gasteiger partial charge in [-0.2, -0.15) is 22.7 Å². The molecule has 4 rings (SSSR count). The lowest BCUT2D eigenvalue weighted by molar-refractivity contribution is 0.120. The fraction of sp³-hybridized carbons (Fsp3) is 0.312. The van der Waals surface area contributed by atoms with Crippen molar-refractivity contribution < 1.29 is 4.74 Å². The Morgan fingerprint density at radius 1 is 1.09 bits per heavy atom. The molecule has 1 saturated heterocycles. The third-order valence-electron chi connectivity index (χ3n) is 3.79. The van der Waals surface area contributed by atoms with E-state index in [-0.39, 0.29) is 6.10 Å². The van der Waals surface area contributed by atoms with E-state index < -0.39 is 0 Å². The van der Waals surface area contributed by atoms with Gasteiger partial charge in [-0.3, -0.25) is 0 Å². The van der Waals surface area contributed by atoms with E-state index in [0.29, 0.717) is 5.95 Å². The molecule has 0 aliphatic carbocycles. The summed E-state index contributed by atoms with van der Waals surface area (Å²) in [5.74, 6) is 0.556. The topological polar surface area (TPSA) is 59.9 Å². The van der Waals surface area contributed by atoms with Crippen LogP contribution in [-0.2, 0) is 4.74 Å². The van der Waals surface area contributed by atoms with E-state index in [4.69, 9.17) is 9.72 Å². The smallest absolute Gasteiger partial charge is 0.243 e. The molecule has 1 aliphatic rings. The number of nitrogens with zero attached hydrogens (tertiary/aromatic N) is 3. The molecule has 3 aromatic rings. The van der Waals surface area contributed by atoms with Gasteiger partial charge in [-0.1, -0.05) is 0 Å².